The average molecular weight is 247 g/mol. The number of halogens is 3. The maximum atomic E-state index is 12.5. The van der Waals surface area contributed by atoms with E-state index in [1.54, 1.807) is 0 Å². The van der Waals surface area contributed by atoms with Gasteiger partial charge in [-0.1, -0.05) is 6.07 Å². The Labute approximate surface area is 96.4 Å². The maximum absolute atomic E-state index is 12.5. The second-order valence-corrected chi connectivity index (χ2v) is 3.57. The van der Waals surface area contributed by atoms with Crippen LogP contribution in [-0.2, 0) is 6.18 Å². The number of rotatable bonds is 3. The molecular formula is C11H12F3NO2. The van der Waals surface area contributed by atoms with Crippen LogP contribution < -0.4 is 10.5 Å². The lowest BCUT2D eigenvalue weighted by atomic mass is 10.0. The summed E-state index contributed by atoms with van der Waals surface area (Å²) >= 11 is 0. The second-order valence-electron chi connectivity index (χ2n) is 3.57. The van der Waals surface area contributed by atoms with Crippen molar-refractivity contribution in [3.8, 4) is 5.75 Å². The number of Topliss-reactive ketones (excluding diaryl/α,β-unsaturated/α-hetero) is 1. The maximum Gasteiger partial charge on any atom is 0.419 e. The summed E-state index contributed by atoms with van der Waals surface area (Å²) < 4.78 is 42.2. The molecule has 0 fully saturated rings. The Morgan fingerprint density at radius 2 is 2.00 bits per heavy atom. The predicted octanol–water partition coefficient (Wildman–Crippen LogP) is 2.24. The summed E-state index contributed by atoms with van der Waals surface area (Å²) in [5.41, 5.74) is 4.56. The summed E-state index contributed by atoms with van der Waals surface area (Å²) in [5, 5.41) is 0. The average Bonchev–Trinajstić information content (AvgIpc) is 2.25. The molecule has 6 heteroatoms. The minimum atomic E-state index is -4.51. The van der Waals surface area contributed by atoms with Gasteiger partial charge in [0.25, 0.3) is 0 Å². The van der Waals surface area contributed by atoms with Crippen LogP contribution in [0.5, 0.6) is 5.75 Å². The van der Waals surface area contributed by atoms with E-state index >= 15 is 0 Å². The van der Waals surface area contributed by atoms with Crippen molar-refractivity contribution >= 4 is 5.78 Å². The highest BCUT2D eigenvalue weighted by Gasteiger charge is 2.34. The van der Waals surface area contributed by atoms with Crippen LogP contribution in [-0.4, -0.2) is 18.9 Å². The van der Waals surface area contributed by atoms with E-state index in [0.29, 0.717) is 0 Å². The normalized spacial score (nSPS) is 13.3. The molecule has 1 unspecified atom stereocenters. The minimum absolute atomic E-state index is 0.102. The van der Waals surface area contributed by atoms with Crippen LogP contribution in [0.15, 0.2) is 18.2 Å². The van der Waals surface area contributed by atoms with Gasteiger partial charge in [-0.25, -0.2) is 0 Å². The van der Waals surface area contributed by atoms with Crippen LogP contribution in [0, 0.1) is 0 Å². The molecule has 0 spiro atoms. The molecule has 0 heterocycles. The Kier molecular flexibility index (Phi) is 3.77. The van der Waals surface area contributed by atoms with E-state index in [1.165, 1.54) is 6.92 Å². The van der Waals surface area contributed by atoms with Crippen molar-refractivity contribution in [1.82, 2.24) is 0 Å². The number of hydrogen-bond donors (Lipinski definition) is 1. The largest absolute Gasteiger partial charge is 0.496 e. The first-order valence-electron chi connectivity index (χ1n) is 4.82. The quantitative estimate of drug-likeness (QED) is 0.833. The molecule has 0 aliphatic rings. The molecule has 0 aliphatic carbocycles. The van der Waals surface area contributed by atoms with Crippen LogP contribution in [0.3, 0.4) is 0 Å². The number of benzene rings is 1. The van der Waals surface area contributed by atoms with Gasteiger partial charge in [0.1, 0.15) is 5.75 Å². The molecule has 0 saturated heterocycles. The molecule has 3 nitrogen and oxygen atoms in total. The smallest absolute Gasteiger partial charge is 0.419 e. The Bertz CT molecular complexity index is 427. The zero-order chi connectivity index (χ0) is 13.2. The van der Waals surface area contributed by atoms with E-state index in [-0.39, 0.29) is 11.3 Å². The second kappa shape index (κ2) is 4.75. The molecule has 1 rings (SSSR count). The summed E-state index contributed by atoms with van der Waals surface area (Å²) in [5.74, 6) is -0.818. The van der Waals surface area contributed by atoms with Crippen LogP contribution in [0.25, 0.3) is 0 Å². The molecular weight excluding hydrogens is 235 g/mol. The Balaban J connectivity index is 3.23. The number of methoxy groups -OCH3 is 1. The SMILES string of the molecule is COc1cc(C(=O)C(C)N)ccc1C(F)(F)F. The number of ketones is 1. The fourth-order valence-electron chi connectivity index (χ4n) is 1.34. The van der Waals surface area contributed by atoms with Gasteiger partial charge >= 0.3 is 6.18 Å². The Morgan fingerprint density at radius 3 is 2.41 bits per heavy atom. The van der Waals surface area contributed by atoms with Gasteiger partial charge in [-0.05, 0) is 19.1 Å². The predicted molar refractivity (Wildman–Crippen MR) is 56.0 cm³/mol. The number of alkyl halides is 3. The van der Waals surface area contributed by atoms with Gasteiger partial charge in [-0.2, -0.15) is 13.2 Å². The zero-order valence-electron chi connectivity index (χ0n) is 9.34. The highest BCUT2D eigenvalue weighted by molar-refractivity contribution is 6.00. The molecule has 17 heavy (non-hydrogen) atoms. The summed E-state index contributed by atoms with van der Waals surface area (Å²) in [6.07, 6.45) is -4.51. The van der Waals surface area contributed by atoms with Gasteiger partial charge in [0, 0.05) is 5.56 Å². The van der Waals surface area contributed by atoms with Crippen molar-refractivity contribution in [3.63, 3.8) is 0 Å². The highest BCUT2D eigenvalue weighted by atomic mass is 19.4. The van der Waals surface area contributed by atoms with Gasteiger partial charge < -0.3 is 10.5 Å². The fourth-order valence-corrected chi connectivity index (χ4v) is 1.34. The Morgan fingerprint density at radius 1 is 1.41 bits per heavy atom. The fraction of sp³-hybridized carbons (Fsp3) is 0.364. The molecule has 0 radical (unpaired) electrons. The van der Waals surface area contributed by atoms with Gasteiger partial charge in [0.15, 0.2) is 5.78 Å². The van der Waals surface area contributed by atoms with E-state index < -0.39 is 23.6 Å². The topological polar surface area (TPSA) is 52.3 Å². The van der Waals surface area contributed by atoms with Crippen molar-refractivity contribution in [2.45, 2.75) is 19.1 Å². The van der Waals surface area contributed by atoms with Crippen molar-refractivity contribution < 1.29 is 22.7 Å². The summed E-state index contributed by atoms with van der Waals surface area (Å²) in [6, 6.07) is 2.19. The molecule has 94 valence electrons. The standard InChI is InChI=1S/C11H12F3NO2/c1-6(15)10(16)7-3-4-8(11(12,13)14)9(5-7)17-2/h3-6H,15H2,1-2H3. The van der Waals surface area contributed by atoms with E-state index in [1.807, 2.05) is 0 Å². The van der Waals surface area contributed by atoms with Crippen LogP contribution in [0.4, 0.5) is 13.2 Å². The van der Waals surface area contributed by atoms with Crippen molar-refractivity contribution in [3.05, 3.63) is 29.3 Å². The van der Waals surface area contributed by atoms with Crippen molar-refractivity contribution in [2.24, 2.45) is 5.73 Å². The lowest BCUT2D eigenvalue weighted by Crippen LogP contribution is -2.26. The van der Waals surface area contributed by atoms with Gasteiger partial charge in [0.2, 0.25) is 0 Å². The first-order chi connectivity index (χ1) is 7.77. The lowest BCUT2D eigenvalue weighted by Gasteiger charge is -2.13. The van der Waals surface area contributed by atoms with Crippen LogP contribution >= 0.6 is 0 Å². The van der Waals surface area contributed by atoms with Crippen LogP contribution in [0.2, 0.25) is 0 Å². The third-order valence-corrected chi connectivity index (χ3v) is 2.21. The number of carbonyl (C=O) groups is 1. The monoisotopic (exact) mass is 247 g/mol. The number of hydrogen-bond acceptors (Lipinski definition) is 3. The number of carbonyl (C=O) groups excluding carboxylic acids is 1. The first kappa shape index (κ1) is 13.5. The molecule has 0 bridgehead atoms. The van der Waals surface area contributed by atoms with E-state index in [0.717, 1.165) is 25.3 Å². The summed E-state index contributed by atoms with van der Waals surface area (Å²) in [7, 11) is 1.12. The highest BCUT2D eigenvalue weighted by Crippen LogP contribution is 2.36. The van der Waals surface area contributed by atoms with Crippen LogP contribution in [0.1, 0.15) is 22.8 Å². The van der Waals surface area contributed by atoms with Gasteiger partial charge in [-0.3, -0.25) is 4.79 Å². The van der Waals surface area contributed by atoms with E-state index in [9.17, 15) is 18.0 Å². The van der Waals surface area contributed by atoms with Gasteiger partial charge in [-0.15, -0.1) is 0 Å². The number of ether oxygens (including phenoxy) is 1. The lowest BCUT2D eigenvalue weighted by molar-refractivity contribution is -0.138. The molecule has 0 saturated carbocycles. The third-order valence-electron chi connectivity index (χ3n) is 2.21. The molecule has 0 aliphatic heterocycles. The van der Waals surface area contributed by atoms with E-state index in [4.69, 9.17) is 5.73 Å². The molecule has 0 amide bonds. The Hall–Kier alpha value is -1.56. The van der Waals surface area contributed by atoms with E-state index in [2.05, 4.69) is 4.74 Å². The third kappa shape index (κ3) is 2.97. The van der Waals surface area contributed by atoms with Crippen molar-refractivity contribution in [1.29, 1.82) is 0 Å². The molecule has 1 aromatic carbocycles. The summed E-state index contributed by atoms with van der Waals surface area (Å²) in [4.78, 5) is 11.5. The summed E-state index contributed by atoms with van der Waals surface area (Å²) in [6.45, 7) is 1.46. The van der Waals surface area contributed by atoms with Gasteiger partial charge in [0.05, 0.1) is 18.7 Å². The molecule has 2 N–H and O–H groups in total. The minimum Gasteiger partial charge on any atom is -0.496 e. The number of nitrogens with two attached hydrogens (primary N) is 1. The molecule has 1 aromatic rings. The molecule has 0 aromatic heterocycles. The molecule has 1 atom stereocenters. The first-order valence-corrected chi connectivity index (χ1v) is 4.82. The van der Waals surface area contributed by atoms with Crippen molar-refractivity contribution in [2.75, 3.05) is 7.11 Å². The zero-order valence-corrected chi connectivity index (χ0v) is 9.34.